The number of hydrogen-bond donors (Lipinski definition) is 2. The number of aromatic nitrogens is 1. The van der Waals surface area contributed by atoms with E-state index in [-0.39, 0.29) is 0 Å². The predicted octanol–water partition coefficient (Wildman–Crippen LogP) is 3.77. The number of anilines is 1. The second-order valence-corrected chi connectivity index (χ2v) is 5.96. The number of nitrogens with two attached hydrogens (primary N) is 1. The number of nitrogens with zero attached hydrogens (tertiary/aromatic N) is 2. The van der Waals surface area contributed by atoms with Crippen molar-refractivity contribution in [2.24, 2.45) is 5.73 Å². The third kappa shape index (κ3) is 5.38. The Morgan fingerprint density at radius 2 is 1.76 bits per heavy atom. The van der Waals surface area contributed by atoms with Crippen molar-refractivity contribution in [3.63, 3.8) is 0 Å². The minimum absolute atomic E-state index is 0.439. The SMILES string of the molecule is FC(F)(F)c1ccc(N2CCCC2)nc1.NC(=O)c1ccccc1S. The highest BCUT2D eigenvalue weighted by molar-refractivity contribution is 7.80. The Labute approximate surface area is 149 Å². The van der Waals surface area contributed by atoms with Crippen LogP contribution < -0.4 is 10.6 Å². The quantitative estimate of drug-likeness (QED) is 0.792. The number of thiol groups is 1. The Morgan fingerprint density at radius 1 is 1.12 bits per heavy atom. The van der Waals surface area contributed by atoms with Crippen molar-refractivity contribution in [1.29, 1.82) is 0 Å². The van der Waals surface area contributed by atoms with Gasteiger partial charge in [-0.15, -0.1) is 12.6 Å². The molecule has 1 aromatic carbocycles. The van der Waals surface area contributed by atoms with Crippen molar-refractivity contribution in [2.75, 3.05) is 18.0 Å². The Morgan fingerprint density at radius 3 is 2.20 bits per heavy atom. The molecule has 2 heterocycles. The van der Waals surface area contributed by atoms with E-state index in [0.717, 1.165) is 38.2 Å². The first-order valence-electron chi connectivity index (χ1n) is 7.65. The van der Waals surface area contributed by atoms with Gasteiger partial charge in [-0.25, -0.2) is 4.98 Å². The highest BCUT2D eigenvalue weighted by Gasteiger charge is 2.30. The summed E-state index contributed by atoms with van der Waals surface area (Å²) in [7, 11) is 0. The fourth-order valence-electron chi connectivity index (χ4n) is 2.37. The van der Waals surface area contributed by atoms with Gasteiger partial charge in [-0.1, -0.05) is 12.1 Å². The van der Waals surface area contributed by atoms with Crippen LogP contribution in [0.3, 0.4) is 0 Å². The highest BCUT2D eigenvalue weighted by Crippen LogP contribution is 2.29. The summed E-state index contributed by atoms with van der Waals surface area (Å²) in [6, 6.07) is 9.44. The van der Waals surface area contributed by atoms with Crippen LogP contribution in [0.25, 0.3) is 0 Å². The molecular formula is C17H18F3N3OS. The molecule has 1 amide bonds. The van der Waals surface area contributed by atoms with Gasteiger partial charge < -0.3 is 10.6 Å². The van der Waals surface area contributed by atoms with E-state index in [9.17, 15) is 18.0 Å². The molecule has 3 rings (SSSR count). The van der Waals surface area contributed by atoms with Crippen LogP contribution in [0.5, 0.6) is 0 Å². The average molecular weight is 369 g/mol. The lowest BCUT2D eigenvalue weighted by Crippen LogP contribution is -2.19. The van der Waals surface area contributed by atoms with Crippen molar-refractivity contribution in [1.82, 2.24) is 4.98 Å². The molecule has 0 spiro atoms. The van der Waals surface area contributed by atoms with Gasteiger partial charge in [0, 0.05) is 24.2 Å². The second-order valence-electron chi connectivity index (χ2n) is 5.48. The summed E-state index contributed by atoms with van der Waals surface area (Å²) in [4.78, 5) is 17.0. The Kier molecular flexibility index (Phi) is 6.30. The van der Waals surface area contributed by atoms with Gasteiger partial charge in [0.2, 0.25) is 5.91 Å². The van der Waals surface area contributed by atoms with E-state index < -0.39 is 17.6 Å². The molecule has 0 aliphatic carbocycles. The van der Waals surface area contributed by atoms with E-state index in [1.165, 1.54) is 6.07 Å². The van der Waals surface area contributed by atoms with E-state index in [4.69, 9.17) is 5.73 Å². The second kappa shape index (κ2) is 8.24. The first-order chi connectivity index (χ1) is 11.8. The molecule has 0 unspecified atom stereocenters. The first kappa shape index (κ1) is 19.1. The molecule has 4 nitrogen and oxygen atoms in total. The summed E-state index contributed by atoms with van der Waals surface area (Å²) in [5.41, 5.74) is 4.80. The van der Waals surface area contributed by atoms with Gasteiger partial charge in [0.25, 0.3) is 0 Å². The lowest BCUT2D eigenvalue weighted by molar-refractivity contribution is -0.137. The van der Waals surface area contributed by atoms with Crippen LogP contribution in [-0.2, 0) is 6.18 Å². The number of carbonyl (C=O) groups is 1. The van der Waals surface area contributed by atoms with E-state index >= 15 is 0 Å². The lowest BCUT2D eigenvalue weighted by Gasteiger charge is -2.16. The molecule has 1 aliphatic heterocycles. The Bertz CT molecular complexity index is 714. The zero-order valence-electron chi connectivity index (χ0n) is 13.3. The number of benzene rings is 1. The number of amides is 1. The van der Waals surface area contributed by atoms with Crippen LogP contribution in [0, 0.1) is 0 Å². The molecule has 0 saturated carbocycles. The number of primary amides is 1. The predicted molar refractivity (Wildman–Crippen MR) is 92.9 cm³/mol. The molecule has 134 valence electrons. The van der Waals surface area contributed by atoms with Gasteiger partial charge in [-0.3, -0.25) is 4.79 Å². The summed E-state index contributed by atoms with van der Waals surface area (Å²) >= 11 is 4.04. The maximum atomic E-state index is 12.2. The number of halogens is 3. The summed E-state index contributed by atoms with van der Waals surface area (Å²) in [6.07, 6.45) is -1.23. The number of carbonyl (C=O) groups excluding carboxylic acids is 1. The average Bonchev–Trinajstić information content (AvgIpc) is 3.09. The number of hydrogen-bond acceptors (Lipinski definition) is 4. The maximum Gasteiger partial charge on any atom is 0.417 e. The summed E-state index contributed by atoms with van der Waals surface area (Å²) in [5, 5.41) is 0. The minimum atomic E-state index is -4.30. The molecule has 8 heteroatoms. The van der Waals surface area contributed by atoms with Crippen molar-refractivity contribution in [2.45, 2.75) is 23.9 Å². The van der Waals surface area contributed by atoms with Crippen molar-refractivity contribution < 1.29 is 18.0 Å². The first-order valence-corrected chi connectivity index (χ1v) is 8.10. The van der Waals surface area contributed by atoms with Gasteiger partial charge in [-0.05, 0) is 37.1 Å². The maximum absolute atomic E-state index is 12.2. The molecule has 2 aromatic rings. The smallest absolute Gasteiger partial charge is 0.366 e. The molecule has 1 saturated heterocycles. The van der Waals surface area contributed by atoms with Gasteiger partial charge >= 0.3 is 6.18 Å². The Balaban J connectivity index is 0.000000196. The number of pyridine rings is 1. The molecule has 0 radical (unpaired) electrons. The van der Waals surface area contributed by atoms with Crippen LogP contribution in [0.1, 0.15) is 28.8 Å². The topological polar surface area (TPSA) is 59.2 Å². The van der Waals surface area contributed by atoms with Gasteiger partial charge in [-0.2, -0.15) is 13.2 Å². The monoisotopic (exact) mass is 369 g/mol. The van der Waals surface area contributed by atoms with E-state index in [1.807, 2.05) is 4.90 Å². The zero-order valence-corrected chi connectivity index (χ0v) is 14.2. The normalized spacial score (nSPS) is 14.0. The highest BCUT2D eigenvalue weighted by atomic mass is 32.1. The number of alkyl halides is 3. The minimum Gasteiger partial charge on any atom is -0.366 e. The van der Waals surface area contributed by atoms with Gasteiger partial charge in [0.1, 0.15) is 5.82 Å². The van der Waals surface area contributed by atoms with Crippen molar-refractivity contribution >= 4 is 24.4 Å². The summed E-state index contributed by atoms with van der Waals surface area (Å²) < 4.78 is 36.7. The zero-order chi connectivity index (χ0) is 18.4. The fraction of sp³-hybridized carbons (Fsp3) is 0.294. The largest absolute Gasteiger partial charge is 0.417 e. The third-order valence-electron chi connectivity index (χ3n) is 3.67. The van der Waals surface area contributed by atoms with Crippen LogP contribution in [0.4, 0.5) is 19.0 Å². The molecule has 2 N–H and O–H groups in total. The van der Waals surface area contributed by atoms with Crippen molar-refractivity contribution in [3.8, 4) is 0 Å². The van der Waals surface area contributed by atoms with Crippen LogP contribution >= 0.6 is 12.6 Å². The number of rotatable bonds is 2. The van der Waals surface area contributed by atoms with Gasteiger partial charge in [0.05, 0.1) is 11.1 Å². The summed E-state index contributed by atoms with van der Waals surface area (Å²) in [5.74, 6) is 0.200. The molecule has 1 fully saturated rings. The van der Waals surface area contributed by atoms with E-state index in [2.05, 4.69) is 17.6 Å². The molecule has 1 aliphatic rings. The Hall–Kier alpha value is -2.22. The molecule has 0 bridgehead atoms. The standard InChI is InChI=1S/C10H11F3N2.C7H7NOS/c11-10(12,13)8-3-4-9(14-7-8)15-5-1-2-6-15;8-7(9)5-3-1-2-4-6(5)10/h3-4,7H,1-2,5-6H2;1-4,10H,(H2,8,9). The third-order valence-corrected chi connectivity index (χ3v) is 4.06. The van der Waals surface area contributed by atoms with E-state index in [1.54, 1.807) is 24.3 Å². The van der Waals surface area contributed by atoms with Crippen LogP contribution in [-0.4, -0.2) is 24.0 Å². The van der Waals surface area contributed by atoms with Crippen LogP contribution in [0.2, 0.25) is 0 Å². The fourth-order valence-corrected chi connectivity index (χ4v) is 2.64. The van der Waals surface area contributed by atoms with Crippen LogP contribution in [0.15, 0.2) is 47.5 Å². The van der Waals surface area contributed by atoms with Gasteiger partial charge in [0.15, 0.2) is 0 Å². The lowest BCUT2D eigenvalue weighted by atomic mass is 10.2. The van der Waals surface area contributed by atoms with Crippen molar-refractivity contribution in [3.05, 3.63) is 53.7 Å². The molecule has 0 atom stereocenters. The van der Waals surface area contributed by atoms with E-state index in [0.29, 0.717) is 16.3 Å². The molecule has 1 aromatic heterocycles. The molecular weight excluding hydrogens is 351 g/mol. The summed E-state index contributed by atoms with van der Waals surface area (Å²) in [6.45, 7) is 1.77. The molecule has 25 heavy (non-hydrogen) atoms.